The summed E-state index contributed by atoms with van der Waals surface area (Å²) in [5.41, 5.74) is -0.632. The van der Waals surface area contributed by atoms with Crippen molar-refractivity contribution in [2.45, 2.75) is 59.5 Å². The molecule has 1 amide bonds. The van der Waals surface area contributed by atoms with E-state index in [1.165, 1.54) is 18.9 Å². The zero-order valence-corrected chi connectivity index (χ0v) is 17.4. The maximum Gasteiger partial charge on any atom is 0.326 e. The Morgan fingerprint density at radius 2 is 1.69 bits per heavy atom. The molecule has 0 rings (SSSR count). The third kappa shape index (κ3) is 11.9. The van der Waals surface area contributed by atoms with Crippen LogP contribution in [-0.4, -0.2) is 59.4 Å². The number of carbonyl (C=O) groups excluding carboxylic acids is 4. The van der Waals surface area contributed by atoms with Crippen LogP contribution in [0, 0.1) is 5.92 Å². The highest BCUT2D eigenvalue weighted by Gasteiger charge is 2.25. The minimum absolute atomic E-state index is 0.0542. The lowest BCUT2D eigenvalue weighted by molar-refractivity contribution is -0.159. The fraction of sp³-hybridized carbons (Fsp3) is 0.778. The lowest BCUT2D eigenvalue weighted by Crippen LogP contribution is -2.42. The second kappa shape index (κ2) is 11.9. The van der Waals surface area contributed by atoms with Gasteiger partial charge in [-0.15, -0.1) is 0 Å². The zero-order valence-electron chi connectivity index (χ0n) is 16.6. The van der Waals surface area contributed by atoms with Crippen molar-refractivity contribution in [1.29, 1.82) is 0 Å². The first-order valence-electron chi connectivity index (χ1n) is 8.67. The van der Waals surface area contributed by atoms with Gasteiger partial charge in [-0.1, -0.05) is 18.7 Å². The van der Waals surface area contributed by atoms with Crippen LogP contribution in [0.5, 0.6) is 0 Å². The fourth-order valence-corrected chi connectivity index (χ4v) is 2.72. The number of ether oxygens (including phenoxy) is 2. The van der Waals surface area contributed by atoms with Crippen LogP contribution in [0.1, 0.15) is 53.9 Å². The molecule has 7 nitrogen and oxygen atoms in total. The summed E-state index contributed by atoms with van der Waals surface area (Å²) in [5, 5.41) is -0.0542. The molecule has 0 N–H and O–H groups in total. The van der Waals surface area contributed by atoms with E-state index in [4.69, 9.17) is 4.74 Å². The fourth-order valence-electron chi connectivity index (χ4n) is 2.10. The van der Waals surface area contributed by atoms with Crippen molar-refractivity contribution < 1.29 is 28.7 Å². The van der Waals surface area contributed by atoms with Gasteiger partial charge < -0.3 is 14.4 Å². The average molecular weight is 390 g/mol. The van der Waals surface area contributed by atoms with Crippen molar-refractivity contribution in [1.82, 2.24) is 4.90 Å². The number of rotatable bonds is 10. The Labute approximate surface area is 160 Å². The van der Waals surface area contributed by atoms with Gasteiger partial charge in [0.15, 0.2) is 5.12 Å². The number of hydrogen-bond acceptors (Lipinski definition) is 7. The summed E-state index contributed by atoms with van der Waals surface area (Å²) in [4.78, 5) is 48.5. The third-order valence-corrected chi connectivity index (χ3v) is 4.37. The summed E-state index contributed by atoms with van der Waals surface area (Å²) in [5.74, 6) is -1.03. The van der Waals surface area contributed by atoms with E-state index in [1.54, 1.807) is 27.7 Å². The molecular formula is C18H31NO6S. The highest BCUT2D eigenvalue weighted by molar-refractivity contribution is 8.13. The number of thioether (sulfide) groups is 1. The van der Waals surface area contributed by atoms with Gasteiger partial charge in [0.05, 0.1) is 7.11 Å². The molecule has 0 aromatic heterocycles. The molecule has 0 saturated heterocycles. The van der Waals surface area contributed by atoms with Crippen LogP contribution >= 0.6 is 11.8 Å². The standard InChI is InChI=1S/C18H31NO6S/c1-13(12-26-14(2)20)17(23)19(10-8-7-9-15(21)24-6)11-16(22)25-18(3,4)5/h13H,7-12H2,1-6H3/t13-/m1/s1. The summed E-state index contributed by atoms with van der Waals surface area (Å²) >= 11 is 1.09. The van der Waals surface area contributed by atoms with E-state index in [1.807, 2.05) is 0 Å². The molecule has 0 unspecified atom stereocenters. The molecule has 0 aliphatic heterocycles. The van der Waals surface area contributed by atoms with Gasteiger partial charge >= 0.3 is 11.9 Å². The van der Waals surface area contributed by atoms with Gasteiger partial charge in [0, 0.05) is 31.6 Å². The number of carbonyl (C=O) groups is 4. The Morgan fingerprint density at radius 1 is 1.08 bits per heavy atom. The maximum absolute atomic E-state index is 12.6. The van der Waals surface area contributed by atoms with E-state index in [9.17, 15) is 19.2 Å². The number of unbranched alkanes of at least 4 members (excludes halogenated alkanes) is 1. The summed E-state index contributed by atoms with van der Waals surface area (Å²) in [6.45, 7) is 8.66. The van der Waals surface area contributed by atoms with Gasteiger partial charge in [0.2, 0.25) is 5.91 Å². The number of nitrogens with zero attached hydrogens (tertiary/aromatic N) is 1. The number of methoxy groups -OCH3 is 1. The Kier molecular flexibility index (Phi) is 11.2. The van der Waals surface area contributed by atoms with Crippen LogP contribution in [0.3, 0.4) is 0 Å². The Balaban J connectivity index is 4.79. The minimum atomic E-state index is -0.632. The van der Waals surface area contributed by atoms with E-state index in [0.29, 0.717) is 25.1 Å². The molecule has 8 heteroatoms. The molecule has 0 bridgehead atoms. The summed E-state index contributed by atoms with van der Waals surface area (Å²) in [6, 6.07) is 0. The van der Waals surface area contributed by atoms with Crippen molar-refractivity contribution in [3.05, 3.63) is 0 Å². The second-order valence-corrected chi connectivity index (χ2v) is 8.28. The lowest BCUT2D eigenvalue weighted by Gasteiger charge is -2.27. The molecule has 0 saturated carbocycles. The first-order valence-corrected chi connectivity index (χ1v) is 9.65. The minimum Gasteiger partial charge on any atom is -0.469 e. The predicted molar refractivity (Wildman–Crippen MR) is 101 cm³/mol. The van der Waals surface area contributed by atoms with E-state index < -0.39 is 17.5 Å². The van der Waals surface area contributed by atoms with Crippen LogP contribution in [0.25, 0.3) is 0 Å². The van der Waals surface area contributed by atoms with Gasteiger partial charge in [0.1, 0.15) is 12.1 Å². The van der Waals surface area contributed by atoms with Crippen molar-refractivity contribution in [3.8, 4) is 0 Å². The summed E-state index contributed by atoms with van der Waals surface area (Å²) in [6.07, 6.45) is 1.39. The smallest absolute Gasteiger partial charge is 0.326 e. The SMILES string of the molecule is COC(=O)CCCCN(CC(=O)OC(C)(C)C)C(=O)[C@H](C)CSC(C)=O. The van der Waals surface area contributed by atoms with Gasteiger partial charge in [-0.3, -0.25) is 19.2 Å². The zero-order chi connectivity index (χ0) is 20.3. The molecule has 0 aliphatic rings. The van der Waals surface area contributed by atoms with E-state index in [2.05, 4.69) is 4.74 Å². The normalized spacial score (nSPS) is 12.2. The van der Waals surface area contributed by atoms with Gasteiger partial charge in [-0.25, -0.2) is 0 Å². The second-order valence-electron chi connectivity index (χ2n) is 7.08. The number of esters is 2. The molecule has 150 valence electrons. The molecule has 0 spiro atoms. The highest BCUT2D eigenvalue weighted by atomic mass is 32.2. The molecule has 26 heavy (non-hydrogen) atoms. The number of hydrogen-bond donors (Lipinski definition) is 0. The van der Waals surface area contributed by atoms with Gasteiger partial charge in [-0.2, -0.15) is 0 Å². The molecule has 1 atom stereocenters. The Bertz CT molecular complexity index is 500. The topological polar surface area (TPSA) is 90.0 Å². The van der Waals surface area contributed by atoms with Crippen LogP contribution in [0.2, 0.25) is 0 Å². The Morgan fingerprint density at radius 3 is 2.19 bits per heavy atom. The van der Waals surface area contributed by atoms with Gasteiger partial charge in [-0.05, 0) is 33.6 Å². The predicted octanol–water partition coefficient (Wildman–Crippen LogP) is 2.42. The summed E-state index contributed by atoms with van der Waals surface area (Å²) < 4.78 is 9.88. The molecule has 0 radical (unpaired) electrons. The lowest BCUT2D eigenvalue weighted by atomic mass is 10.1. The van der Waals surface area contributed by atoms with Crippen molar-refractivity contribution in [3.63, 3.8) is 0 Å². The van der Waals surface area contributed by atoms with Crippen molar-refractivity contribution in [2.75, 3.05) is 26.0 Å². The van der Waals surface area contributed by atoms with Gasteiger partial charge in [0.25, 0.3) is 0 Å². The molecule has 0 heterocycles. The van der Waals surface area contributed by atoms with E-state index in [-0.39, 0.29) is 30.0 Å². The Hall–Kier alpha value is -1.57. The maximum atomic E-state index is 12.6. The average Bonchev–Trinajstić information content (AvgIpc) is 2.52. The molecule has 0 aromatic carbocycles. The van der Waals surface area contributed by atoms with Crippen LogP contribution in [0.15, 0.2) is 0 Å². The molecule has 0 fully saturated rings. The van der Waals surface area contributed by atoms with Crippen LogP contribution in [0.4, 0.5) is 0 Å². The quantitative estimate of drug-likeness (QED) is 0.419. The number of amides is 1. The van der Waals surface area contributed by atoms with Crippen molar-refractivity contribution >= 4 is 34.7 Å². The van der Waals surface area contributed by atoms with E-state index >= 15 is 0 Å². The van der Waals surface area contributed by atoms with Crippen molar-refractivity contribution in [2.24, 2.45) is 5.92 Å². The first kappa shape index (κ1) is 24.4. The molecule has 0 aliphatic carbocycles. The molecular weight excluding hydrogens is 358 g/mol. The first-order chi connectivity index (χ1) is 12.0. The summed E-state index contributed by atoms with van der Waals surface area (Å²) in [7, 11) is 1.33. The van der Waals surface area contributed by atoms with Crippen LogP contribution in [-0.2, 0) is 28.7 Å². The monoisotopic (exact) mass is 389 g/mol. The largest absolute Gasteiger partial charge is 0.469 e. The van der Waals surface area contributed by atoms with E-state index in [0.717, 1.165) is 11.8 Å². The third-order valence-electron chi connectivity index (χ3n) is 3.30. The highest BCUT2D eigenvalue weighted by Crippen LogP contribution is 2.14. The van der Waals surface area contributed by atoms with Crippen LogP contribution < -0.4 is 0 Å². The molecule has 0 aromatic rings.